The van der Waals surface area contributed by atoms with Crippen LogP contribution in [-0.4, -0.2) is 46.9 Å². The fourth-order valence-corrected chi connectivity index (χ4v) is 2.54. The molecule has 0 bridgehead atoms. The Morgan fingerprint density at radius 3 is 2.76 bits per heavy atom. The summed E-state index contributed by atoms with van der Waals surface area (Å²) in [7, 11) is 1.98. The average molecular weight is 236 g/mol. The predicted molar refractivity (Wildman–Crippen MR) is 70.1 cm³/mol. The van der Waals surface area contributed by atoms with Crippen LogP contribution >= 0.6 is 0 Å². The third-order valence-electron chi connectivity index (χ3n) is 3.56. The molecule has 0 aromatic carbocycles. The van der Waals surface area contributed by atoms with E-state index in [2.05, 4.69) is 28.4 Å². The van der Waals surface area contributed by atoms with Crippen LogP contribution in [0.3, 0.4) is 0 Å². The van der Waals surface area contributed by atoms with Gasteiger partial charge in [0, 0.05) is 25.8 Å². The lowest BCUT2D eigenvalue weighted by molar-refractivity contribution is 0.201. The number of likely N-dealkylation sites (tertiary alicyclic amines) is 1. The Kier molecular flexibility index (Phi) is 4.57. The summed E-state index contributed by atoms with van der Waals surface area (Å²) in [5.41, 5.74) is 1.35. The summed E-state index contributed by atoms with van der Waals surface area (Å²) in [6.07, 6.45) is 7.80. The van der Waals surface area contributed by atoms with Crippen LogP contribution in [-0.2, 0) is 13.5 Å². The molecule has 1 aromatic heterocycles. The van der Waals surface area contributed by atoms with Crippen molar-refractivity contribution >= 4 is 0 Å². The number of hydrogen-bond acceptors (Lipinski definition) is 3. The fourth-order valence-electron chi connectivity index (χ4n) is 2.54. The zero-order chi connectivity index (χ0) is 12.1. The highest BCUT2D eigenvalue weighted by Gasteiger charge is 2.17. The normalized spacial score (nSPS) is 18.7. The van der Waals surface area contributed by atoms with Crippen LogP contribution in [0.2, 0.25) is 0 Å². The van der Waals surface area contributed by atoms with Gasteiger partial charge in [0.05, 0.1) is 6.20 Å². The smallest absolute Gasteiger partial charge is 0.0522 e. The van der Waals surface area contributed by atoms with E-state index < -0.39 is 0 Å². The van der Waals surface area contributed by atoms with Crippen molar-refractivity contribution in [2.45, 2.75) is 32.2 Å². The van der Waals surface area contributed by atoms with Crippen LogP contribution in [0.15, 0.2) is 12.4 Å². The maximum atomic E-state index is 4.20. The minimum absolute atomic E-state index is 0.745. The van der Waals surface area contributed by atoms with Gasteiger partial charge in [-0.25, -0.2) is 0 Å². The second kappa shape index (κ2) is 6.17. The highest BCUT2D eigenvalue weighted by Crippen LogP contribution is 2.11. The molecule has 0 unspecified atom stereocenters. The van der Waals surface area contributed by atoms with E-state index in [0.717, 1.165) is 19.0 Å². The molecule has 1 aromatic rings. The lowest BCUT2D eigenvalue weighted by atomic mass is 10.0. The molecular formula is C13H24N4. The number of rotatable bonds is 5. The largest absolute Gasteiger partial charge is 0.314 e. The summed E-state index contributed by atoms with van der Waals surface area (Å²) in [4.78, 5) is 2.57. The standard InChI is InChI=1S/C13H24N4/c1-3-14-13-5-8-17(9-6-13)7-4-12-10-15-16(2)11-12/h10-11,13-14H,3-9H2,1-2H3. The minimum atomic E-state index is 0.745. The second-order valence-electron chi connectivity index (χ2n) is 4.95. The average Bonchev–Trinajstić information content (AvgIpc) is 2.75. The van der Waals surface area contributed by atoms with Crippen molar-refractivity contribution in [3.8, 4) is 0 Å². The number of piperidine rings is 1. The summed E-state index contributed by atoms with van der Waals surface area (Å²) in [6.45, 7) is 6.93. The molecule has 0 saturated carbocycles. The van der Waals surface area contributed by atoms with Gasteiger partial charge in [0.1, 0.15) is 0 Å². The maximum Gasteiger partial charge on any atom is 0.0522 e. The third-order valence-corrected chi connectivity index (χ3v) is 3.56. The van der Waals surface area contributed by atoms with Crippen molar-refractivity contribution in [2.75, 3.05) is 26.2 Å². The van der Waals surface area contributed by atoms with E-state index >= 15 is 0 Å². The molecule has 4 heteroatoms. The summed E-state index contributed by atoms with van der Waals surface area (Å²) in [5.74, 6) is 0. The van der Waals surface area contributed by atoms with Crippen LogP contribution in [0.1, 0.15) is 25.3 Å². The molecule has 0 aliphatic carbocycles. The van der Waals surface area contributed by atoms with Gasteiger partial charge in [0.15, 0.2) is 0 Å². The number of nitrogens with one attached hydrogen (secondary N) is 1. The van der Waals surface area contributed by atoms with Crippen molar-refractivity contribution in [3.63, 3.8) is 0 Å². The summed E-state index contributed by atoms with van der Waals surface area (Å²) in [5, 5.41) is 7.75. The van der Waals surface area contributed by atoms with Crippen LogP contribution in [0.5, 0.6) is 0 Å². The minimum Gasteiger partial charge on any atom is -0.314 e. The van der Waals surface area contributed by atoms with Crippen molar-refractivity contribution in [3.05, 3.63) is 18.0 Å². The summed E-state index contributed by atoms with van der Waals surface area (Å²) < 4.78 is 1.88. The van der Waals surface area contributed by atoms with Gasteiger partial charge in [-0.05, 0) is 44.5 Å². The van der Waals surface area contributed by atoms with Crippen LogP contribution < -0.4 is 5.32 Å². The third kappa shape index (κ3) is 3.82. The molecule has 1 aliphatic heterocycles. The molecule has 1 saturated heterocycles. The monoisotopic (exact) mass is 236 g/mol. The summed E-state index contributed by atoms with van der Waals surface area (Å²) in [6, 6.07) is 0.745. The topological polar surface area (TPSA) is 33.1 Å². The number of hydrogen-bond donors (Lipinski definition) is 1. The highest BCUT2D eigenvalue weighted by molar-refractivity contribution is 5.04. The van der Waals surface area contributed by atoms with Crippen LogP contribution in [0.4, 0.5) is 0 Å². The Labute approximate surface area is 104 Å². The van der Waals surface area contributed by atoms with Crippen molar-refractivity contribution in [1.29, 1.82) is 0 Å². The van der Waals surface area contributed by atoms with Crippen LogP contribution in [0.25, 0.3) is 0 Å². The van der Waals surface area contributed by atoms with Crippen molar-refractivity contribution in [1.82, 2.24) is 20.0 Å². The lowest BCUT2D eigenvalue weighted by Gasteiger charge is -2.32. The predicted octanol–water partition coefficient (Wildman–Crippen LogP) is 1.04. The molecule has 4 nitrogen and oxygen atoms in total. The Hall–Kier alpha value is -0.870. The van der Waals surface area contributed by atoms with E-state index in [1.165, 1.54) is 38.0 Å². The molecular weight excluding hydrogens is 212 g/mol. The number of aromatic nitrogens is 2. The molecule has 1 N–H and O–H groups in total. The van der Waals surface area contributed by atoms with Gasteiger partial charge < -0.3 is 10.2 Å². The van der Waals surface area contributed by atoms with E-state index in [9.17, 15) is 0 Å². The number of aryl methyl sites for hydroxylation is 1. The van der Waals surface area contributed by atoms with Gasteiger partial charge in [-0.1, -0.05) is 6.92 Å². The van der Waals surface area contributed by atoms with E-state index in [-0.39, 0.29) is 0 Å². The Bertz CT molecular complexity index is 326. The molecule has 0 amide bonds. The van der Waals surface area contributed by atoms with Gasteiger partial charge in [-0.3, -0.25) is 4.68 Å². The van der Waals surface area contributed by atoms with Gasteiger partial charge >= 0.3 is 0 Å². The Morgan fingerprint density at radius 1 is 1.41 bits per heavy atom. The molecule has 0 atom stereocenters. The first kappa shape index (κ1) is 12.6. The van der Waals surface area contributed by atoms with E-state index in [0.29, 0.717) is 0 Å². The fraction of sp³-hybridized carbons (Fsp3) is 0.769. The maximum absolute atomic E-state index is 4.20. The van der Waals surface area contributed by atoms with Crippen molar-refractivity contribution in [2.24, 2.45) is 7.05 Å². The number of nitrogens with zero attached hydrogens (tertiary/aromatic N) is 3. The van der Waals surface area contributed by atoms with E-state index in [1.54, 1.807) is 0 Å². The van der Waals surface area contributed by atoms with E-state index in [4.69, 9.17) is 0 Å². The highest BCUT2D eigenvalue weighted by atomic mass is 15.2. The van der Waals surface area contributed by atoms with Crippen molar-refractivity contribution < 1.29 is 0 Å². The van der Waals surface area contributed by atoms with Gasteiger partial charge in [0.2, 0.25) is 0 Å². The van der Waals surface area contributed by atoms with E-state index in [1.807, 2.05) is 17.9 Å². The quantitative estimate of drug-likeness (QED) is 0.829. The second-order valence-corrected chi connectivity index (χ2v) is 4.95. The Balaban J connectivity index is 1.68. The molecule has 0 radical (unpaired) electrons. The zero-order valence-corrected chi connectivity index (χ0v) is 11.0. The van der Waals surface area contributed by atoms with Gasteiger partial charge in [-0.2, -0.15) is 5.10 Å². The first-order chi connectivity index (χ1) is 8.28. The first-order valence-corrected chi connectivity index (χ1v) is 6.71. The molecule has 96 valence electrons. The zero-order valence-electron chi connectivity index (χ0n) is 11.0. The molecule has 0 spiro atoms. The van der Waals surface area contributed by atoms with Gasteiger partial charge in [0.25, 0.3) is 0 Å². The first-order valence-electron chi connectivity index (χ1n) is 6.71. The lowest BCUT2D eigenvalue weighted by Crippen LogP contribution is -2.43. The Morgan fingerprint density at radius 2 is 2.18 bits per heavy atom. The van der Waals surface area contributed by atoms with Crippen LogP contribution in [0, 0.1) is 0 Å². The molecule has 2 rings (SSSR count). The SMILES string of the molecule is CCNC1CCN(CCc2cnn(C)c2)CC1. The van der Waals surface area contributed by atoms with Gasteiger partial charge in [-0.15, -0.1) is 0 Å². The molecule has 1 aliphatic rings. The molecule has 1 fully saturated rings. The molecule has 17 heavy (non-hydrogen) atoms. The molecule has 2 heterocycles. The summed E-state index contributed by atoms with van der Waals surface area (Å²) >= 11 is 0.